The lowest BCUT2D eigenvalue weighted by molar-refractivity contribution is 0.258. The van der Waals surface area contributed by atoms with E-state index in [4.69, 9.17) is 4.74 Å². The predicted octanol–water partition coefficient (Wildman–Crippen LogP) is 2.68. The SMILES string of the molecule is CNCC(C)COc1ccc(Br)cc1. The Kier molecular flexibility index (Phi) is 4.98. The van der Waals surface area contributed by atoms with Gasteiger partial charge in [0.1, 0.15) is 5.75 Å². The first-order valence-electron chi connectivity index (χ1n) is 4.75. The van der Waals surface area contributed by atoms with Crippen LogP contribution >= 0.6 is 15.9 Å². The summed E-state index contributed by atoms with van der Waals surface area (Å²) < 4.78 is 6.69. The first-order valence-corrected chi connectivity index (χ1v) is 5.54. The van der Waals surface area contributed by atoms with Crippen molar-refractivity contribution in [2.45, 2.75) is 6.92 Å². The number of rotatable bonds is 5. The third-order valence-electron chi connectivity index (χ3n) is 1.90. The van der Waals surface area contributed by atoms with E-state index in [9.17, 15) is 0 Å². The highest BCUT2D eigenvalue weighted by atomic mass is 79.9. The molecule has 1 rings (SSSR count). The van der Waals surface area contributed by atoms with Gasteiger partial charge in [-0.25, -0.2) is 0 Å². The fourth-order valence-corrected chi connectivity index (χ4v) is 1.44. The van der Waals surface area contributed by atoms with Crippen molar-refractivity contribution in [2.75, 3.05) is 20.2 Å². The smallest absolute Gasteiger partial charge is 0.119 e. The van der Waals surface area contributed by atoms with Crippen LogP contribution in [0.4, 0.5) is 0 Å². The molecule has 0 bridgehead atoms. The summed E-state index contributed by atoms with van der Waals surface area (Å²) >= 11 is 3.38. The molecule has 0 aliphatic carbocycles. The summed E-state index contributed by atoms with van der Waals surface area (Å²) in [5.41, 5.74) is 0. The monoisotopic (exact) mass is 257 g/mol. The van der Waals surface area contributed by atoms with E-state index in [1.807, 2.05) is 31.3 Å². The van der Waals surface area contributed by atoms with Crippen molar-refractivity contribution in [3.63, 3.8) is 0 Å². The Balaban J connectivity index is 2.34. The van der Waals surface area contributed by atoms with Gasteiger partial charge in [-0.15, -0.1) is 0 Å². The Hall–Kier alpha value is -0.540. The molecular weight excluding hydrogens is 242 g/mol. The van der Waals surface area contributed by atoms with Crippen molar-refractivity contribution >= 4 is 15.9 Å². The molecule has 0 saturated carbocycles. The van der Waals surface area contributed by atoms with E-state index in [0.29, 0.717) is 5.92 Å². The summed E-state index contributed by atoms with van der Waals surface area (Å²) in [6.45, 7) is 3.90. The second kappa shape index (κ2) is 6.04. The molecule has 0 spiro atoms. The van der Waals surface area contributed by atoms with Crippen molar-refractivity contribution < 1.29 is 4.74 Å². The van der Waals surface area contributed by atoms with Gasteiger partial charge in [0.25, 0.3) is 0 Å². The molecule has 0 fully saturated rings. The fourth-order valence-electron chi connectivity index (χ4n) is 1.18. The average Bonchev–Trinajstić information content (AvgIpc) is 2.17. The maximum Gasteiger partial charge on any atom is 0.119 e. The molecule has 3 heteroatoms. The molecule has 14 heavy (non-hydrogen) atoms. The topological polar surface area (TPSA) is 21.3 Å². The van der Waals surface area contributed by atoms with E-state index in [2.05, 4.69) is 28.2 Å². The molecule has 1 aromatic rings. The maximum atomic E-state index is 5.61. The van der Waals surface area contributed by atoms with Crippen LogP contribution in [0.3, 0.4) is 0 Å². The summed E-state index contributed by atoms with van der Waals surface area (Å²) in [5.74, 6) is 1.46. The number of ether oxygens (including phenoxy) is 1. The maximum absolute atomic E-state index is 5.61. The molecule has 78 valence electrons. The highest BCUT2D eigenvalue weighted by Gasteiger charge is 2.01. The standard InChI is InChI=1S/C11H16BrNO/c1-9(7-13-2)8-14-11-5-3-10(12)4-6-11/h3-6,9,13H,7-8H2,1-2H3. The largest absolute Gasteiger partial charge is 0.493 e. The molecule has 0 amide bonds. The highest BCUT2D eigenvalue weighted by Crippen LogP contribution is 2.16. The molecule has 0 saturated heterocycles. The van der Waals surface area contributed by atoms with Crippen molar-refractivity contribution in [3.8, 4) is 5.75 Å². The minimum Gasteiger partial charge on any atom is -0.493 e. The molecule has 0 heterocycles. The Morgan fingerprint density at radius 2 is 2.00 bits per heavy atom. The van der Waals surface area contributed by atoms with Crippen LogP contribution < -0.4 is 10.1 Å². The summed E-state index contributed by atoms with van der Waals surface area (Å²) in [6, 6.07) is 7.91. The van der Waals surface area contributed by atoms with Gasteiger partial charge in [0.15, 0.2) is 0 Å². The predicted molar refractivity (Wildman–Crippen MR) is 62.7 cm³/mol. The minimum atomic E-state index is 0.531. The molecule has 0 aliphatic rings. The van der Waals surface area contributed by atoms with Crippen molar-refractivity contribution in [2.24, 2.45) is 5.92 Å². The van der Waals surface area contributed by atoms with Crippen molar-refractivity contribution in [1.82, 2.24) is 5.32 Å². The molecular formula is C11H16BrNO. The van der Waals surface area contributed by atoms with Crippen LogP contribution in [0.2, 0.25) is 0 Å². The van der Waals surface area contributed by atoms with E-state index in [1.165, 1.54) is 0 Å². The van der Waals surface area contributed by atoms with Gasteiger partial charge in [0, 0.05) is 16.9 Å². The van der Waals surface area contributed by atoms with Crippen LogP contribution in [0.5, 0.6) is 5.75 Å². The van der Waals surface area contributed by atoms with Gasteiger partial charge >= 0.3 is 0 Å². The number of halogens is 1. The Labute approximate surface area is 93.8 Å². The molecule has 1 N–H and O–H groups in total. The Bertz CT molecular complexity index is 260. The molecule has 0 radical (unpaired) electrons. The Morgan fingerprint density at radius 1 is 1.36 bits per heavy atom. The third-order valence-corrected chi connectivity index (χ3v) is 2.43. The second-order valence-corrected chi connectivity index (χ2v) is 4.34. The summed E-state index contributed by atoms with van der Waals surface area (Å²) in [7, 11) is 1.95. The average molecular weight is 258 g/mol. The van der Waals surface area contributed by atoms with Crippen molar-refractivity contribution in [1.29, 1.82) is 0 Å². The van der Waals surface area contributed by atoms with Crippen LogP contribution in [0.25, 0.3) is 0 Å². The summed E-state index contributed by atoms with van der Waals surface area (Å²) in [6.07, 6.45) is 0. The lowest BCUT2D eigenvalue weighted by Gasteiger charge is -2.12. The van der Waals surface area contributed by atoms with Crippen LogP contribution in [0.15, 0.2) is 28.7 Å². The van der Waals surface area contributed by atoms with E-state index < -0.39 is 0 Å². The number of nitrogens with one attached hydrogen (secondary N) is 1. The third kappa shape index (κ3) is 4.11. The van der Waals surface area contributed by atoms with E-state index in [0.717, 1.165) is 23.4 Å². The lowest BCUT2D eigenvalue weighted by atomic mass is 10.2. The number of hydrogen-bond donors (Lipinski definition) is 1. The van der Waals surface area contributed by atoms with Gasteiger partial charge in [-0.2, -0.15) is 0 Å². The van der Waals surface area contributed by atoms with Gasteiger partial charge in [-0.05, 0) is 31.3 Å². The van der Waals surface area contributed by atoms with Crippen molar-refractivity contribution in [3.05, 3.63) is 28.7 Å². The lowest BCUT2D eigenvalue weighted by Crippen LogP contribution is -2.21. The Morgan fingerprint density at radius 3 is 2.57 bits per heavy atom. The minimum absolute atomic E-state index is 0.531. The van der Waals surface area contributed by atoms with Crippen LogP contribution in [0, 0.1) is 5.92 Å². The molecule has 2 nitrogen and oxygen atoms in total. The quantitative estimate of drug-likeness (QED) is 0.876. The molecule has 0 aliphatic heterocycles. The highest BCUT2D eigenvalue weighted by molar-refractivity contribution is 9.10. The van der Waals surface area contributed by atoms with Crippen LogP contribution in [0.1, 0.15) is 6.92 Å². The van der Waals surface area contributed by atoms with Gasteiger partial charge < -0.3 is 10.1 Å². The van der Waals surface area contributed by atoms with Gasteiger partial charge in [-0.1, -0.05) is 22.9 Å². The summed E-state index contributed by atoms with van der Waals surface area (Å²) in [4.78, 5) is 0. The summed E-state index contributed by atoms with van der Waals surface area (Å²) in [5, 5.41) is 3.13. The van der Waals surface area contributed by atoms with Crippen LogP contribution in [-0.4, -0.2) is 20.2 Å². The molecule has 1 aromatic carbocycles. The number of benzene rings is 1. The molecule has 1 unspecified atom stereocenters. The van der Waals surface area contributed by atoms with Crippen LogP contribution in [-0.2, 0) is 0 Å². The normalized spacial score (nSPS) is 12.5. The second-order valence-electron chi connectivity index (χ2n) is 3.43. The number of hydrogen-bond acceptors (Lipinski definition) is 2. The molecule has 1 atom stereocenters. The zero-order chi connectivity index (χ0) is 10.4. The zero-order valence-corrected chi connectivity index (χ0v) is 10.2. The first-order chi connectivity index (χ1) is 6.72. The van der Waals surface area contributed by atoms with Gasteiger partial charge in [-0.3, -0.25) is 0 Å². The van der Waals surface area contributed by atoms with Gasteiger partial charge in [0.2, 0.25) is 0 Å². The van der Waals surface area contributed by atoms with E-state index in [-0.39, 0.29) is 0 Å². The van der Waals surface area contributed by atoms with E-state index >= 15 is 0 Å². The zero-order valence-electron chi connectivity index (χ0n) is 8.59. The molecule has 0 aromatic heterocycles. The van der Waals surface area contributed by atoms with E-state index in [1.54, 1.807) is 0 Å². The first kappa shape index (κ1) is 11.5. The van der Waals surface area contributed by atoms with Gasteiger partial charge in [0.05, 0.1) is 6.61 Å². The fraction of sp³-hybridized carbons (Fsp3) is 0.455.